The van der Waals surface area contributed by atoms with Crippen LogP contribution in [0.25, 0.3) is 12.2 Å². The van der Waals surface area contributed by atoms with Gasteiger partial charge in [-0.25, -0.2) is 4.79 Å². The Hall–Kier alpha value is -3.89. The number of rotatable bonds is 8. The molecule has 3 N–H and O–H groups in total. The Morgan fingerprint density at radius 2 is 2.11 bits per heavy atom. The maximum Gasteiger partial charge on any atom is 0.395 e. The lowest BCUT2D eigenvalue weighted by molar-refractivity contribution is -0.387. The number of benzene rings is 1. The maximum absolute atomic E-state index is 11.7. The van der Waals surface area contributed by atoms with Crippen LogP contribution < -0.4 is 15.0 Å². The van der Waals surface area contributed by atoms with Crippen molar-refractivity contribution in [3.63, 3.8) is 0 Å². The van der Waals surface area contributed by atoms with E-state index in [0.717, 1.165) is 0 Å². The molecule has 2 rings (SSSR count). The molecule has 11 heteroatoms. The molecule has 11 nitrogen and oxygen atoms in total. The van der Waals surface area contributed by atoms with Crippen LogP contribution >= 0.6 is 0 Å². The summed E-state index contributed by atoms with van der Waals surface area (Å²) in [5, 5.41) is 29.0. The van der Waals surface area contributed by atoms with Gasteiger partial charge in [0.1, 0.15) is 5.82 Å². The number of carboxylic acid groups (broad SMARTS) is 1. The van der Waals surface area contributed by atoms with Crippen LogP contribution in [-0.4, -0.2) is 44.3 Å². The van der Waals surface area contributed by atoms with Crippen LogP contribution in [0.1, 0.15) is 18.3 Å². The predicted octanol–water partition coefficient (Wildman–Crippen LogP) is 1.42. The molecule has 0 atom stereocenters. The maximum atomic E-state index is 11.7. The average Bonchev–Trinajstić information content (AvgIpc) is 2.58. The van der Waals surface area contributed by atoms with Gasteiger partial charge in [0, 0.05) is 5.56 Å². The molecule has 0 aliphatic carbocycles. The Bertz CT molecular complexity index is 951. The zero-order valence-electron chi connectivity index (χ0n) is 14.0. The van der Waals surface area contributed by atoms with Crippen LogP contribution in [-0.2, 0) is 4.79 Å². The van der Waals surface area contributed by atoms with E-state index in [9.17, 15) is 24.8 Å². The molecule has 0 bridgehead atoms. The topological polar surface area (TPSA) is 165 Å². The first kappa shape index (κ1) is 19.4. The van der Waals surface area contributed by atoms with Crippen molar-refractivity contribution in [1.82, 2.24) is 9.97 Å². The first-order valence-corrected chi connectivity index (χ1v) is 7.59. The van der Waals surface area contributed by atoms with Gasteiger partial charge in [0.2, 0.25) is 0 Å². The lowest BCUT2D eigenvalue weighted by Gasteiger charge is -2.13. The minimum Gasteiger partial charge on any atom is -0.490 e. The number of H-pyrrole nitrogens is 1. The van der Waals surface area contributed by atoms with E-state index in [-0.39, 0.29) is 11.6 Å². The summed E-state index contributed by atoms with van der Waals surface area (Å²) < 4.78 is 10.7. The quantitative estimate of drug-likeness (QED) is 0.455. The molecule has 0 aliphatic heterocycles. The number of aliphatic carboxylic acids is 1. The van der Waals surface area contributed by atoms with Gasteiger partial charge in [-0.1, -0.05) is 12.1 Å². The first-order chi connectivity index (χ1) is 12.8. The second-order valence-corrected chi connectivity index (χ2v) is 5.00. The molecule has 0 unspecified atom stereocenters. The standard InChI is InChI=1S/C16H15N3O8/c1-2-26-10-5-3-4-9(14(10)27-8-12(20)21)6-7-11-17-15(22)13(19(24)25)16(23)18-11/h3-7H,2,8H2,1H3,(H,20,21)(H2,17,18,22,23)/b7-6+. The summed E-state index contributed by atoms with van der Waals surface area (Å²) in [6.45, 7) is 1.47. The fourth-order valence-corrected chi connectivity index (χ4v) is 2.11. The van der Waals surface area contributed by atoms with Gasteiger partial charge in [-0.05, 0) is 25.1 Å². The molecule has 0 radical (unpaired) electrons. The number of aromatic amines is 1. The Labute approximate surface area is 151 Å². The lowest BCUT2D eigenvalue weighted by Crippen LogP contribution is -2.14. The highest BCUT2D eigenvalue weighted by molar-refractivity contribution is 5.74. The van der Waals surface area contributed by atoms with E-state index in [1.165, 1.54) is 12.2 Å². The number of aromatic hydroxyl groups is 1. The van der Waals surface area contributed by atoms with Gasteiger partial charge >= 0.3 is 17.2 Å². The monoisotopic (exact) mass is 377 g/mol. The first-order valence-electron chi connectivity index (χ1n) is 7.59. The zero-order chi connectivity index (χ0) is 20.0. The Morgan fingerprint density at radius 3 is 2.70 bits per heavy atom. The van der Waals surface area contributed by atoms with Gasteiger partial charge in [0.25, 0.3) is 5.88 Å². The van der Waals surface area contributed by atoms with Crippen molar-refractivity contribution in [2.24, 2.45) is 0 Å². The van der Waals surface area contributed by atoms with E-state index in [1.54, 1.807) is 25.1 Å². The van der Waals surface area contributed by atoms with Gasteiger partial charge in [0.15, 0.2) is 18.1 Å². The number of carboxylic acids is 1. The largest absolute Gasteiger partial charge is 0.490 e. The molecular weight excluding hydrogens is 362 g/mol. The molecule has 1 aromatic carbocycles. The number of aromatic nitrogens is 2. The normalized spacial score (nSPS) is 10.7. The Balaban J connectivity index is 2.41. The SMILES string of the molecule is CCOc1cccc(/C=C/c2nc(O)c([N+](=O)[O-])c(=O)[nH]2)c1OCC(=O)O. The van der Waals surface area contributed by atoms with Crippen molar-refractivity contribution in [3.8, 4) is 17.4 Å². The van der Waals surface area contributed by atoms with Crippen molar-refractivity contribution >= 4 is 23.8 Å². The molecule has 0 spiro atoms. The highest BCUT2D eigenvalue weighted by Gasteiger charge is 2.21. The molecule has 1 heterocycles. The zero-order valence-corrected chi connectivity index (χ0v) is 14.0. The van der Waals surface area contributed by atoms with Gasteiger partial charge in [-0.2, -0.15) is 4.98 Å². The summed E-state index contributed by atoms with van der Waals surface area (Å²) in [7, 11) is 0. The number of para-hydroxylation sites is 1. The van der Waals surface area contributed by atoms with Crippen LogP contribution in [0.4, 0.5) is 5.69 Å². The third kappa shape index (κ3) is 4.81. The van der Waals surface area contributed by atoms with Crippen LogP contribution in [0.15, 0.2) is 23.0 Å². The average molecular weight is 377 g/mol. The van der Waals surface area contributed by atoms with Crippen molar-refractivity contribution < 1.29 is 29.4 Å². The van der Waals surface area contributed by atoms with E-state index < -0.39 is 34.6 Å². The van der Waals surface area contributed by atoms with Crippen molar-refractivity contribution in [1.29, 1.82) is 0 Å². The molecule has 2 aromatic rings. The number of nitrogens with zero attached hydrogens (tertiary/aromatic N) is 2. The molecule has 0 aliphatic rings. The van der Waals surface area contributed by atoms with E-state index in [0.29, 0.717) is 17.9 Å². The van der Waals surface area contributed by atoms with Gasteiger partial charge < -0.3 is 24.7 Å². The Kier molecular flexibility index (Phi) is 6.10. The molecule has 0 amide bonds. The molecule has 0 saturated heterocycles. The molecular formula is C16H15N3O8. The second-order valence-electron chi connectivity index (χ2n) is 5.00. The number of hydrogen-bond acceptors (Lipinski definition) is 8. The van der Waals surface area contributed by atoms with E-state index in [4.69, 9.17) is 14.6 Å². The lowest BCUT2D eigenvalue weighted by atomic mass is 10.1. The van der Waals surface area contributed by atoms with Crippen molar-refractivity contribution in [2.75, 3.05) is 13.2 Å². The summed E-state index contributed by atoms with van der Waals surface area (Å²) in [4.78, 5) is 37.8. The summed E-state index contributed by atoms with van der Waals surface area (Å²) in [5.41, 5.74) is -1.77. The number of hydrogen-bond donors (Lipinski definition) is 3. The highest BCUT2D eigenvalue weighted by atomic mass is 16.6. The van der Waals surface area contributed by atoms with Crippen LogP contribution in [0, 0.1) is 10.1 Å². The summed E-state index contributed by atoms with van der Waals surface area (Å²) in [6.07, 6.45) is 2.69. The van der Waals surface area contributed by atoms with E-state index in [1.807, 2.05) is 0 Å². The minimum absolute atomic E-state index is 0.144. The minimum atomic E-state index is -1.18. The fourth-order valence-electron chi connectivity index (χ4n) is 2.11. The van der Waals surface area contributed by atoms with Crippen LogP contribution in [0.5, 0.6) is 17.4 Å². The molecule has 0 fully saturated rings. The van der Waals surface area contributed by atoms with Crippen molar-refractivity contribution in [3.05, 3.63) is 50.1 Å². The fraction of sp³-hybridized carbons (Fsp3) is 0.188. The van der Waals surface area contributed by atoms with E-state index in [2.05, 4.69) is 9.97 Å². The predicted molar refractivity (Wildman–Crippen MR) is 92.8 cm³/mol. The van der Waals surface area contributed by atoms with Gasteiger partial charge in [0.05, 0.1) is 11.5 Å². The summed E-state index contributed by atoms with van der Waals surface area (Å²) >= 11 is 0. The smallest absolute Gasteiger partial charge is 0.395 e. The van der Waals surface area contributed by atoms with Gasteiger partial charge in [-0.3, -0.25) is 14.9 Å². The van der Waals surface area contributed by atoms with Crippen LogP contribution in [0.2, 0.25) is 0 Å². The summed E-state index contributed by atoms with van der Waals surface area (Å²) in [5.74, 6) is -1.87. The molecule has 1 aromatic heterocycles. The highest BCUT2D eigenvalue weighted by Crippen LogP contribution is 2.32. The molecule has 0 saturated carbocycles. The second kappa shape index (κ2) is 8.47. The number of carbonyl (C=O) groups is 1. The Morgan fingerprint density at radius 1 is 1.37 bits per heavy atom. The number of ether oxygens (including phenoxy) is 2. The van der Waals surface area contributed by atoms with Crippen molar-refractivity contribution in [2.45, 2.75) is 6.92 Å². The van der Waals surface area contributed by atoms with E-state index >= 15 is 0 Å². The third-order valence-electron chi connectivity index (χ3n) is 3.15. The summed E-state index contributed by atoms with van der Waals surface area (Å²) in [6, 6.07) is 4.83. The molecule has 142 valence electrons. The third-order valence-corrected chi connectivity index (χ3v) is 3.15. The number of nitrogens with one attached hydrogen (secondary N) is 1. The number of nitro groups is 1. The van der Waals surface area contributed by atoms with Gasteiger partial charge in [-0.15, -0.1) is 0 Å². The molecule has 27 heavy (non-hydrogen) atoms. The van der Waals surface area contributed by atoms with Crippen LogP contribution in [0.3, 0.4) is 0 Å².